The van der Waals surface area contributed by atoms with Crippen molar-refractivity contribution >= 4 is 17.3 Å². The Morgan fingerprint density at radius 3 is 2.06 bits per heavy atom. The van der Waals surface area contributed by atoms with Crippen molar-refractivity contribution in [3.8, 4) is 0 Å². The van der Waals surface area contributed by atoms with Gasteiger partial charge in [0.05, 0.1) is 17.0 Å². The van der Waals surface area contributed by atoms with Crippen molar-refractivity contribution in [1.29, 1.82) is 0 Å². The van der Waals surface area contributed by atoms with Crippen LogP contribution >= 0.6 is 0 Å². The van der Waals surface area contributed by atoms with Crippen LogP contribution in [-0.2, 0) is 17.5 Å². The van der Waals surface area contributed by atoms with Gasteiger partial charge >= 0.3 is 6.18 Å². The van der Waals surface area contributed by atoms with E-state index in [1.807, 2.05) is 4.90 Å². The fraction of sp³-hybridized carbons (Fsp3) is 0.381. The van der Waals surface area contributed by atoms with Gasteiger partial charge in [0.2, 0.25) is 5.91 Å². The number of hydrogen-bond donors (Lipinski definition) is 0. The Bertz CT molecular complexity index is 909. The Morgan fingerprint density at radius 2 is 1.55 bits per heavy atom. The smallest absolute Gasteiger partial charge is 0.314 e. The van der Waals surface area contributed by atoms with E-state index in [0.717, 1.165) is 17.7 Å². The first-order valence-electron chi connectivity index (χ1n) is 9.75. The SMILES string of the molecule is CN(C(=O)CN1CCN(Cc2ccc(C(F)(F)F)cc2)CC1)c1ccc([N+](=O)[O-])cc1. The average molecular weight is 436 g/mol. The van der Waals surface area contributed by atoms with Crippen LogP contribution in [0.3, 0.4) is 0 Å². The summed E-state index contributed by atoms with van der Waals surface area (Å²) in [5.41, 5.74) is 0.706. The molecule has 10 heteroatoms. The topological polar surface area (TPSA) is 69.9 Å². The molecule has 0 radical (unpaired) electrons. The third kappa shape index (κ3) is 6.02. The van der Waals surface area contributed by atoms with E-state index in [1.54, 1.807) is 7.05 Å². The van der Waals surface area contributed by atoms with Crippen molar-refractivity contribution in [2.45, 2.75) is 12.7 Å². The third-order valence-electron chi connectivity index (χ3n) is 5.33. The molecule has 1 aliphatic rings. The second-order valence-corrected chi connectivity index (χ2v) is 7.47. The van der Waals surface area contributed by atoms with Crippen LogP contribution in [0.2, 0.25) is 0 Å². The molecule has 7 nitrogen and oxygen atoms in total. The summed E-state index contributed by atoms with van der Waals surface area (Å²) in [6, 6.07) is 11.0. The molecular weight excluding hydrogens is 413 g/mol. The number of benzene rings is 2. The molecule has 1 heterocycles. The Labute approximate surface area is 177 Å². The number of halogens is 3. The van der Waals surface area contributed by atoms with Gasteiger partial charge in [0.1, 0.15) is 0 Å². The summed E-state index contributed by atoms with van der Waals surface area (Å²) < 4.78 is 38.0. The molecule has 0 aromatic heterocycles. The number of alkyl halides is 3. The highest BCUT2D eigenvalue weighted by Crippen LogP contribution is 2.29. The highest BCUT2D eigenvalue weighted by Gasteiger charge is 2.30. The molecule has 0 atom stereocenters. The van der Waals surface area contributed by atoms with Crippen molar-refractivity contribution in [1.82, 2.24) is 9.80 Å². The zero-order valence-electron chi connectivity index (χ0n) is 17.0. The lowest BCUT2D eigenvalue weighted by Crippen LogP contribution is -2.49. The number of piperazine rings is 1. The molecule has 1 amide bonds. The summed E-state index contributed by atoms with van der Waals surface area (Å²) in [4.78, 5) is 28.4. The minimum atomic E-state index is -4.33. The maximum absolute atomic E-state index is 12.7. The van der Waals surface area contributed by atoms with Gasteiger partial charge in [-0.05, 0) is 29.8 Å². The predicted molar refractivity (Wildman–Crippen MR) is 110 cm³/mol. The summed E-state index contributed by atoms with van der Waals surface area (Å²) in [5.74, 6) is -0.120. The van der Waals surface area contributed by atoms with Gasteiger partial charge in [-0.25, -0.2) is 0 Å². The van der Waals surface area contributed by atoms with E-state index in [1.165, 1.54) is 41.3 Å². The molecule has 0 saturated carbocycles. The Balaban J connectivity index is 1.47. The molecule has 0 N–H and O–H groups in total. The molecule has 0 spiro atoms. The number of carbonyl (C=O) groups excluding carboxylic acids is 1. The van der Waals surface area contributed by atoms with E-state index in [-0.39, 0.29) is 18.1 Å². The summed E-state index contributed by atoms with van der Waals surface area (Å²) in [7, 11) is 1.63. The van der Waals surface area contributed by atoms with Gasteiger partial charge in [0, 0.05) is 57.6 Å². The number of likely N-dealkylation sites (N-methyl/N-ethyl adjacent to an activating group) is 1. The first-order chi connectivity index (χ1) is 14.6. The number of non-ortho nitro benzene ring substituents is 1. The van der Waals surface area contributed by atoms with Gasteiger partial charge in [-0.1, -0.05) is 12.1 Å². The largest absolute Gasteiger partial charge is 0.416 e. The number of carbonyl (C=O) groups is 1. The first-order valence-corrected chi connectivity index (χ1v) is 9.75. The van der Waals surface area contributed by atoms with Gasteiger partial charge in [0.15, 0.2) is 0 Å². The first kappa shape index (κ1) is 22.7. The molecule has 2 aromatic carbocycles. The molecule has 0 aliphatic carbocycles. The summed E-state index contributed by atoms with van der Waals surface area (Å²) >= 11 is 0. The second-order valence-electron chi connectivity index (χ2n) is 7.47. The molecule has 0 unspecified atom stereocenters. The molecular formula is C21H23F3N4O3. The van der Waals surface area contributed by atoms with Crippen LogP contribution in [0.15, 0.2) is 48.5 Å². The van der Waals surface area contributed by atoms with Crippen LogP contribution in [0.1, 0.15) is 11.1 Å². The summed E-state index contributed by atoms with van der Waals surface area (Å²) in [5, 5.41) is 10.7. The molecule has 1 aliphatic heterocycles. The zero-order valence-corrected chi connectivity index (χ0v) is 17.0. The van der Waals surface area contributed by atoms with Crippen LogP contribution in [0.5, 0.6) is 0 Å². The molecule has 1 fully saturated rings. The molecule has 1 saturated heterocycles. The van der Waals surface area contributed by atoms with Crippen molar-refractivity contribution in [3.05, 3.63) is 69.8 Å². The Morgan fingerprint density at radius 1 is 1.00 bits per heavy atom. The number of rotatable bonds is 6. The average Bonchev–Trinajstić information content (AvgIpc) is 2.74. The normalized spacial score (nSPS) is 15.6. The van der Waals surface area contributed by atoms with E-state index in [4.69, 9.17) is 0 Å². The number of nitro groups is 1. The van der Waals surface area contributed by atoms with Crippen LogP contribution < -0.4 is 4.90 Å². The van der Waals surface area contributed by atoms with Crippen LogP contribution in [0.4, 0.5) is 24.5 Å². The maximum atomic E-state index is 12.7. The number of amides is 1. The van der Waals surface area contributed by atoms with Gasteiger partial charge in [0.25, 0.3) is 5.69 Å². The Hall–Kier alpha value is -2.98. The van der Waals surface area contributed by atoms with E-state index < -0.39 is 16.7 Å². The van der Waals surface area contributed by atoms with Crippen LogP contribution in [0.25, 0.3) is 0 Å². The lowest BCUT2D eigenvalue weighted by Gasteiger charge is -2.35. The molecule has 31 heavy (non-hydrogen) atoms. The predicted octanol–water partition coefficient (Wildman–Crippen LogP) is 3.39. The van der Waals surface area contributed by atoms with Crippen molar-refractivity contribution in [3.63, 3.8) is 0 Å². The monoisotopic (exact) mass is 436 g/mol. The van der Waals surface area contributed by atoms with E-state index in [0.29, 0.717) is 38.4 Å². The van der Waals surface area contributed by atoms with Gasteiger partial charge in [-0.3, -0.25) is 24.7 Å². The molecule has 0 bridgehead atoms. The minimum Gasteiger partial charge on any atom is -0.314 e. The lowest BCUT2D eigenvalue weighted by molar-refractivity contribution is -0.384. The van der Waals surface area contributed by atoms with Crippen molar-refractivity contribution in [2.75, 3.05) is 44.7 Å². The molecule has 3 rings (SSSR count). The van der Waals surface area contributed by atoms with Crippen molar-refractivity contribution < 1.29 is 22.9 Å². The standard InChI is InChI=1S/C21H23F3N4O3/c1-25(18-6-8-19(9-7-18)28(30)31)20(29)15-27-12-10-26(11-13-27)14-16-2-4-17(5-3-16)21(22,23)24/h2-9H,10-15H2,1H3. The maximum Gasteiger partial charge on any atom is 0.416 e. The third-order valence-corrected chi connectivity index (χ3v) is 5.33. The molecule has 2 aromatic rings. The van der Waals surface area contributed by atoms with E-state index in [2.05, 4.69) is 4.90 Å². The number of nitrogens with zero attached hydrogens (tertiary/aromatic N) is 4. The summed E-state index contributed by atoms with van der Waals surface area (Å²) in [6.07, 6.45) is -4.33. The fourth-order valence-corrected chi connectivity index (χ4v) is 3.40. The quantitative estimate of drug-likeness (QED) is 0.513. The van der Waals surface area contributed by atoms with E-state index >= 15 is 0 Å². The highest BCUT2D eigenvalue weighted by molar-refractivity contribution is 5.94. The Kier molecular flexibility index (Phi) is 6.91. The second kappa shape index (κ2) is 9.44. The lowest BCUT2D eigenvalue weighted by atomic mass is 10.1. The van der Waals surface area contributed by atoms with E-state index in [9.17, 15) is 28.1 Å². The van der Waals surface area contributed by atoms with Gasteiger partial charge < -0.3 is 4.90 Å². The number of anilines is 1. The zero-order chi connectivity index (χ0) is 22.6. The highest BCUT2D eigenvalue weighted by atomic mass is 19.4. The fourth-order valence-electron chi connectivity index (χ4n) is 3.40. The van der Waals surface area contributed by atoms with Crippen LogP contribution in [-0.4, -0.2) is 60.4 Å². The number of hydrogen-bond acceptors (Lipinski definition) is 5. The summed E-state index contributed by atoms with van der Waals surface area (Å²) in [6.45, 7) is 3.52. The van der Waals surface area contributed by atoms with Gasteiger partial charge in [-0.2, -0.15) is 13.2 Å². The van der Waals surface area contributed by atoms with Crippen molar-refractivity contribution in [2.24, 2.45) is 0 Å². The molecule has 166 valence electrons. The van der Waals surface area contributed by atoms with Crippen LogP contribution in [0, 0.1) is 10.1 Å². The number of nitro benzene ring substituents is 1. The minimum absolute atomic E-state index is 0.0335. The van der Waals surface area contributed by atoms with Gasteiger partial charge in [-0.15, -0.1) is 0 Å².